The van der Waals surface area contributed by atoms with E-state index in [1.165, 1.54) is 6.26 Å². The van der Waals surface area contributed by atoms with E-state index in [0.29, 0.717) is 0 Å². The predicted molar refractivity (Wildman–Crippen MR) is 60.3 cm³/mol. The average Bonchev–Trinajstić information content (AvgIpc) is 2.19. The Balaban J connectivity index is 3.01. The minimum absolute atomic E-state index is 0.214. The van der Waals surface area contributed by atoms with Gasteiger partial charge >= 0.3 is 0 Å². The molecule has 1 rings (SSSR count). The molecule has 0 aliphatic carbocycles. The Morgan fingerprint density at radius 1 is 1.47 bits per heavy atom. The Morgan fingerprint density at radius 3 is 2.53 bits per heavy atom. The second kappa shape index (κ2) is 4.72. The lowest BCUT2D eigenvalue weighted by atomic mass is 10.1. The molecule has 84 valence electrons. The molecule has 0 saturated heterocycles. The third kappa shape index (κ3) is 3.00. The zero-order valence-corrected chi connectivity index (χ0v) is 9.95. The molecule has 0 bridgehead atoms. The van der Waals surface area contributed by atoms with Crippen LogP contribution < -0.4 is 5.32 Å². The highest BCUT2D eigenvalue weighted by atomic mass is 32.2. The maximum Gasteiger partial charge on any atom is 0.151 e. The van der Waals surface area contributed by atoms with Gasteiger partial charge in [-0.05, 0) is 25.6 Å². The van der Waals surface area contributed by atoms with Crippen molar-refractivity contribution in [1.29, 1.82) is 0 Å². The molecule has 2 unspecified atom stereocenters. The molecular formula is C10H16N2O2S. The zero-order chi connectivity index (χ0) is 11.5. The van der Waals surface area contributed by atoms with Gasteiger partial charge in [-0.1, -0.05) is 6.07 Å². The van der Waals surface area contributed by atoms with Crippen LogP contribution in [0.3, 0.4) is 0 Å². The van der Waals surface area contributed by atoms with E-state index in [4.69, 9.17) is 0 Å². The monoisotopic (exact) mass is 228 g/mol. The predicted octanol–water partition coefficient (Wildman–Crippen LogP) is 0.775. The van der Waals surface area contributed by atoms with Gasteiger partial charge in [-0.25, -0.2) is 8.42 Å². The molecule has 0 amide bonds. The number of hydrogen-bond donors (Lipinski definition) is 1. The molecule has 0 spiro atoms. The van der Waals surface area contributed by atoms with Gasteiger partial charge < -0.3 is 5.32 Å². The lowest BCUT2D eigenvalue weighted by molar-refractivity contribution is 0.534. The maximum atomic E-state index is 11.4. The summed E-state index contributed by atoms with van der Waals surface area (Å²) in [6.07, 6.45) is 4.60. The number of nitrogens with zero attached hydrogens (tertiary/aromatic N) is 1. The van der Waals surface area contributed by atoms with E-state index in [2.05, 4.69) is 10.3 Å². The maximum absolute atomic E-state index is 11.4. The van der Waals surface area contributed by atoms with Gasteiger partial charge in [0.05, 0.1) is 5.25 Å². The standard InChI is InChI=1S/C10H16N2O2S/c1-8(15(3,13)14)10(11-2)9-5-4-6-12-7-9/h4-8,10-11H,1-3H3. The summed E-state index contributed by atoms with van der Waals surface area (Å²) in [6, 6.07) is 3.46. The molecule has 15 heavy (non-hydrogen) atoms. The zero-order valence-electron chi connectivity index (χ0n) is 9.14. The minimum Gasteiger partial charge on any atom is -0.312 e. The van der Waals surface area contributed by atoms with Gasteiger partial charge in [0.1, 0.15) is 0 Å². The summed E-state index contributed by atoms with van der Waals surface area (Å²) >= 11 is 0. The summed E-state index contributed by atoms with van der Waals surface area (Å²) in [5.41, 5.74) is 0.887. The van der Waals surface area contributed by atoms with Gasteiger partial charge in [-0.2, -0.15) is 0 Å². The molecular weight excluding hydrogens is 212 g/mol. The molecule has 5 heteroatoms. The van der Waals surface area contributed by atoms with Gasteiger partial charge in [-0.15, -0.1) is 0 Å². The van der Waals surface area contributed by atoms with Gasteiger partial charge in [0, 0.05) is 24.7 Å². The Kier molecular flexibility index (Phi) is 3.82. The molecule has 0 saturated carbocycles. The molecule has 0 fully saturated rings. The van der Waals surface area contributed by atoms with Crippen molar-refractivity contribution in [2.75, 3.05) is 13.3 Å². The van der Waals surface area contributed by atoms with Crippen LogP contribution in [0, 0.1) is 0 Å². The fraction of sp³-hybridized carbons (Fsp3) is 0.500. The van der Waals surface area contributed by atoms with Crippen molar-refractivity contribution in [3.8, 4) is 0 Å². The molecule has 0 radical (unpaired) electrons. The van der Waals surface area contributed by atoms with E-state index >= 15 is 0 Å². The Labute approximate surface area is 90.7 Å². The number of hydrogen-bond acceptors (Lipinski definition) is 4. The largest absolute Gasteiger partial charge is 0.312 e. The third-order valence-corrected chi connectivity index (χ3v) is 4.12. The first-order valence-electron chi connectivity index (χ1n) is 4.73. The first-order chi connectivity index (χ1) is 6.96. The van der Waals surface area contributed by atoms with Crippen molar-refractivity contribution in [3.63, 3.8) is 0 Å². The van der Waals surface area contributed by atoms with Crippen LogP contribution in [0.4, 0.5) is 0 Å². The highest BCUT2D eigenvalue weighted by molar-refractivity contribution is 7.91. The summed E-state index contributed by atoms with van der Waals surface area (Å²) in [7, 11) is -1.30. The second-order valence-electron chi connectivity index (χ2n) is 3.59. The molecule has 0 aliphatic heterocycles. The molecule has 1 heterocycles. The molecule has 1 aromatic heterocycles. The van der Waals surface area contributed by atoms with Crippen LogP contribution in [0.2, 0.25) is 0 Å². The van der Waals surface area contributed by atoms with Crippen LogP contribution in [-0.4, -0.2) is 32.0 Å². The van der Waals surface area contributed by atoms with Crippen LogP contribution in [0.1, 0.15) is 18.5 Å². The smallest absolute Gasteiger partial charge is 0.151 e. The number of rotatable bonds is 4. The molecule has 2 atom stereocenters. The Bertz CT molecular complexity index is 403. The van der Waals surface area contributed by atoms with E-state index in [1.54, 1.807) is 32.4 Å². The van der Waals surface area contributed by atoms with Crippen LogP contribution in [0.5, 0.6) is 0 Å². The number of nitrogens with one attached hydrogen (secondary N) is 1. The van der Waals surface area contributed by atoms with E-state index < -0.39 is 15.1 Å². The molecule has 0 aromatic carbocycles. The summed E-state index contributed by atoms with van der Waals surface area (Å²) in [4.78, 5) is 3.98. The second-order valence-corrected chi connectivity index (χ2v) is 5.99. The minimum atomic E-state index is -3.05. The van der Waals surface area contributed by atoms with Crippen LogP contribution >= 0.6 is 0 Å². The van der Waals surface area contributed by atoms with Crippen molar-refractivity contribution in [2.45, 2.75) is 18.2 Å². The lowest BCUT2D eigenvalue weighted by Crippen LogP contribution is -2.33. The van der Waals surface area contributed by atoms with Gasteiger partial charge in [0.25, 0.3) is 0 Å². The van der Waals surface area contributed by atoms with E-state index in [0.717, 1.165) is 5.56 Å². The highest BCUT2D eigenvalue weighted by Crippen LogP contribution is 2.20. The summed E-state index contributed by atoms with van der Waals surface area (Å²) in [5, 5.41) is 2.54. The third-order valence-electron chi connectivity index (χ3n) is 2.50. The first-order valence-corrected chi connectivity index (χ1v) is 6.68. The van der Waals surface area contributed by atoms with Gasteiger partial charge in [0.2, 0.25) is 0 Å². The van der Waals surface area contributed by atoms with Crippen molar-refractivity contribution >= 4 is 9.84 Å². The SMILES string of the molecule is CNC(c1cccnc1)C(C)S(C)(=O)=O. The van der Waals surface area contributed by atoms with Crippen molar-refractivity contribution in [2.24, 2.45) is 0 Å². The van der Waals surface area contributed by atoms with Crippen LogP contribution in [0.25, 0.3) is 0 Å². The fourth-order valence-electron chi connectivity index (χ4n) is 1.48. The van der Waals surface area contributed by atoms with E-state index in [1.807, 2.05) is 6.07 Å². The van der Waals surface area contributed by atoms with Crippen molar-refractivity contribution in [1.82, 2.24) is 10.3 Å². The Morgan fingerprint density at radius 2 is 2.13 bits per heavy atom. The van der Waals surface area contributed by atoms with Gasteiger partial charge in [-0.3, -0.25) is 4.98 Å². The lowest BCUT2D eigenvalue weighted by Gasteiger charge is -2.22. The number of sulfone groups is 1. The number of aromatic nitrogens is 1. The highest BCUT2D eigenvalue weighted by Gasteiger charge is 2.25. The van der Waals surface area contributed by atoms with E-state index in [9.17, 15) is 8.42 Å². The fourth-order valence-corrected chi connectivity index (χ4v) is 2.27. The molecule has 1 aromatic rings. The summed E-state index contributed by atoms with van der Waals surface area (Å²) < 4.78 is 22.9. The van der Waals surface area contributed by atoms with E-state index in [-0.39, 0.29) is 6.04 Å². The van der Waals surface area contributed by atoms with Crippen LogP contribution in [-0.2, 0) is 9.84 Å². The van der Waals surface area contributed by atoms with Crippen molar-refractivity contribution < 1.29 is 8.42 Å². The average molecular weight is 228 g/mol. The van der Waals surface area contributed by atoms with Crippen molar-refractivity contribution in [3.05, 3.63) is 30.1 Å². The summed E-state index contributed by atoms with van der Waals surface area (Å²) in [5.74, 6) is 0. The number of pyridine rings is 1. The topological polar surface area (TPSA) is 59.1 Å². The molecule has 1 N–H and O–H groups in total. The Hall–Kier alpha value is -0.940. The molecule has 0 aliphatic rings. The normalized spacial score (nSPS) is 15.9. The van der Waals surface area contributed by atoms with Gasteiger partial charge in [0.15, 0.2) is 9.84 Å². The van der Waals surface area contributed by atoms with Crippen LogP contribution in [0.15, 0.2) is 24.5 Å². The molecule has 4 nitrogen and oxygen atoms in total. The first kappa shape index (κ1) is 12.1. The summed E-state index contributed by atoms with van der Waals surface area (Å²) in [6.45, 7) is 1.70. The quantitative estimate of drug-likeness (QED) is 0.827.